The van der Waals surface area contributed by atoms with Gasteiger partial charge in [-0.2, -0.15) is 13.2 Å². The first-order chi connectivity index (χ1) is 9.97. The molecule has 22 heavy (non-hydrogen) atoms. The lowest BCUT2D eigenvalue weighted by molar-refractivity contribution is -0.249. The molecule has 1 saturated carbocycles. The van der Waals surface area contributed by atoms with E-state index >= 15 is 0 Å². The van der Waals surface area contributed by atoms with E-state index in [2.05, 4.69) is 5.32 Å². The lowest BCUT2D eigenvalue weighted by atomic mass is 9.60. The highest BCUT2D eigenvalue weighted by Gasteiger charge is 2.70. The van der Waals surface area contributed by atoms with Gasteiger partial charge in [0.25, 0.3) is 0 Å². The highest BCUT2D eigenvalue weighted by molar-refractivity contribution is 6.30. The summed E-state index contributed by atoms with van der Waals surface area (Å²) in [6.45, 7) is 3.14. The van der Waals surface area contributed by atoms with Crippen LogP contribution in [0, 0.1) is 5.41 Å². The molecule has 0 saturated heterocycles. The minimum Gasteiger partial charge on any atom is -0.349 e. The average Bonchev–Trinajstić information content (AvgIpc) is 2.34. The number of alkyl halides is 4. The third-order valence-electron chi connectivity index (χ3n) is 4.04. The van der Waals surface area contributed by atoms with Crippen molar-refractivity contribution >= 4 is 29.1 Å². The molecule has 1 aliphatic carbocycles. The van der Waals surface area contributed by atoms with Crippen molar-refractivity contribution in [2.45, 2.75) is 43.8 Å². The summed E-state index contributed by atoms with van der Waals surface area (Å²) < 4.78 is 40.0. The number of benzene rings is 1. The van der Waals surface area contributed by atoms with E-state index in [0.717, 1.165) is 0 Å². The summed E-state index contributed by atoms with van der Waals surface area (Å²) in [4.78, 5) is 11.2. The number of carbonyl (C=O) groups is 1. The third-order valence-corrected chi connectivity index (χ3v) is 4.55. The molecule has 7 heteroatoms. The molecule has 122 valence electrons. The van der Waals surface area contributed by atoms with Gasteiger partial charge >= 0.3 is 6.18 Å². The maximum Gasteiger partial charge on any atom is 0.403 e. The Labute approximate surface area is 137 Å². The average molecular weight is 354 g/mol. The summed E-state index contributed by atoms with van der Waals surface area (Å²) in [5.74, 6) is -1.03. The van der Waals surface area contributed by atoms with Crippen LogP contribution >= 0.6 is 23.2 Å². The molecule has 1 aromatic carbocycles. The third kappa shape index (κ3) is 3.20. The van der Waals surface area contributed by atoms with Crippen LogP contribution in [-0.4, -0.2) is 17.0 Å². The molecule has 0 bridgehead atoms. The molecule has 1 N–H and O–H groups in total. The maximum absolute atomic E-state index is 13.3. The van der Waals surface area contributed by atoms with Crippen LogP contribution in [0.15, 0.2) is 24.3 Å². The van der Waals surface area contributed by atoms with Crippen molar-refractivity contribution in [1.82, 2.24) is 5.32 Å². The van der Waals surface area contributed by atoms with E-state index in [1.165, 1.54) is 6.92 Å². The van der Waals surface area contributed by atoms with Gasteiger partial charge in [0, 0.05) is 9.90 Å². The van der Waals surface area contributed by atoms with Gasteiger partial charge < -0.3 is 5.32 Å². The Morgan fingerprint density at radius 2 is 1.77 bits per heavy atom. The van der Waals surface area contributed by atoms with Crippen LogP contribution in [0.3, 0.4) is 0 Å². The van der Waals surface area contributed by atoms with Crippen LogP contribution in [0.2, 0.25) is 5.02 Å². The fourth-order valence-electron chi connectivity index (χ4n) is 2.87. The largest absolute Gasteiger partial charge is 0.403 e. The fraction of sp³-hybridized carbons (Fsp3) is 0.533. The van der Waals surface area contributed by atoms with Gasteiger partial charge in [0.15, 0.2) is 0 Å². The molecule has 1 aliphatic rings. The van der Waals surface area contributed by atoms with Crippen LogP contribution in [0.1, 0.15) is 38.3 Å². The second-order valence-electron chi connectivity index (χ2n) is 6.09. The first-order valence-electron chi connectivity index (χ1n) is 6.79. The van der Waals surface area contributed by atoms with E-state index in [4.69, 9.17) is 23.2 Å². The smallest absolute Gasteiger partial charge is 0.349 e. The molecule has 0 aromatic heterocycles. The Kier molecular flexibility index (Phi) is 4.44. The van der Waals surface area contributed by atoms with Crippen LogP contribution in [0.4, 0.5) is 13.2 Å². The number of nitrogens with one attached hydrogen (secondary N) is 1. The van der Waals surface area contributed by atoms with E-state index in [1.807, 2.05) is 0 Å². The number of halogens is 5. The number of hydrogen-bond donors (Lipinski definition) is 1. The molecule has 2 rings (SSSR count). The van der Waals surface area contributed by atoms with Crippen molar-refractivity contribution in [3.8, 4) is 0 Å². The summed E-state index contributed by atoms with van der Waals surface area (Å²) in [5.41, 5.74) is -1.72. The summed E-state index contributed by atoms with van der Waals surface area (Å²) in [6.07, 6.45) is -5.44. The Balaban J connectivity index is 2.14. The molecule has 2 nitrogen and oxygen atoms in total. The van der Waals surface area contributed by atoms with Crippen molar-refractivity contribution in [2.24, 2.45) is 5.41 Å². The zero-order valence-corrected chi connectivity index (χ0v) is 13.6. The van der Waals surface area contributed by atoms with E-state index in [1.54, 1.807) is 31.2 Å². The van der Waals surface area contributed by atoms with E-state index in [-0.39, 0.29) is 0 Å². The van der Waals surface area contributed by atoms with E-state index < -0.39 is 41.3 Å². The molecule has 0 heterocycles. The minimum atomic E-state index is -4.62. The molecule has 1 unspecified atom stereocenters. The Morgan fingerprint density at radius 1 is 1.27 bits per heavy atom. The van der Waals surface area contributed by atoms with Crippen LogP contribution < -0.4 is 5.32 Å². The first kappa shape index (κ1) is 17.4. The van der Waals surface area contributed by atoms with Gasteiger partial charge in [-0.25, -0.2) is 0 Å². The molecule has 1 fully saturated rings. The van der Waals surface area contributed by atoms with Crippen molar-refractivity contribution in [1.29, 1.82) is 0 Å². The van der Waals surface area contributed by atoms with Crippen molar-refractivity contribution in [3.05, 3.63) is 34.9 Å². The second-order valence-corrected chi connectivity index (χ2v) is 7.44. The summed E-state index contributed by atoms with van der Waals surface area (Å²) in [7, 11) is 0. The van der Waals surface area contributed by atoms with Crippen LogP contribution in [-0.2, 0) is 4.79 Å². The van der Waals surface area contributed by atoms with Gasteiger partial charge in [0.1, 0.15) is 5.41 Å². The fourth-order valence-corrected chi connectivity index (χ4v) is 3.45. The SMILES string of the molecule is CC(NC(=O)[C@]1(C(F)(F)F)C[C@](C)(Cl)C1)c1ccc(Cl)cc1. The number of carbonyl (C=O) groups excluding carboxylic acids is 1. The monoisotopic (exact) mass is 353 g/mol. The van der Waals surface area contributed by atoms with Crippen LogP contribution in [0.5, 0.6) is 0 Å². The molecule has 1 aromatic rings. The molecular weight excluding hydrogens is 338 g/mol. The second kappa shape index (κ2) is 5.60. The topological polar surface area (TPSA) is 29.1 Å². The molecule has 1 atom stereocenters. The Morgan fingerprint density at radius 3 is 2.18 bits per heavy atom. The van der Waals surface area contributed by atoms with Crippen molar-refractivity contribution < 1.29 is 18.0 Å². The number of amides is 1. The summed E-state index contributed by atoms with van der Waals surface area (Å²) in [6, 6.07) is 6.03. The molecule has 0 radical (unpaired) electrons. The first-order valence-corrected chi connectivity index (χ1v) is 7.55. The Bertz CT molecular complexity index is 561. The van der Waals surface area contributed by atoms with Gasteiger partial charge in [-0.15, -0.1) is 11.6 Å². The van der Waals surface area contributed by atoms with Crippen molar-refractivity contribution in [3.63, 3.8) is 0 Å². The van der Waals surface area contributed by atoms with Gasteiger partial charge in [-0.3, -0.25) is 4.79 Å². The normalized spacial score (nSPS) is 29.6. The van der Waals surface area contributed by atoms with Gasteiger partial charge in [0.2, 0.25) is 5.91 Å². The highest BCUT2D eigenvalue weighted by atomic mass is 35.5. The predicted molar refractivity (Wildman–Crippen MR) is 80.0 cm³/mol. The van der Waals surface area contributed by atoms with Gasteiger partial charge in [-0.1, -0.05) is 23.7 Å². The van der Waals surface area contributed by atoms with Crippen LogP contribution in [0.25, 0.3) is 0 Å². The zero-order chi connectivity index (χ0) is 16.8. The van der Waals surface area contributed by atoms with E-state index in [9.17, 15) is 18.0 Å². The highest BCUT2D eigenvalue weighted by Crippen LogP contribution is 2.60. The minimum absolute atomic E-state index is 0.412. The summed E-state index contributed by atoms with van der Waals surface area (Å²) in [5, 5.41) is 2.96. The lowest BCUT2D eigenvalue weighted by Crippen LogP contribution is -2.62. The van der Waals surface area contributed by atoms with Gasteiger partial charge in [0.05, 0.1) is 6.04 Å². The number of rotatable bonds is 3. The molecule has 1 amide bonds. The maximum atomic E-state index is 13.3. The standard InChI is InChI=1S/C15H16Cl2F3NO/c1-9(10-3-5-11(16)6-4-10)21-12(22)14(15(18,19)20)7-13(2,17)8-14/h3-6,9H,7-8H2,1-2H3,(H,21,22)/t9?,13-,14-. The Hall–Kier alpha value is -0.940. The molecule has 0 aliphatic heterocycles. The molecule has 0 spiro atoms. The summed E-state index contributed by atoms with van der Waals surface area (Å²) >= 11 is 11.7. The zero-order valence-electron chi connectivity index (χ0n) is 12.1. The number of hydrogen-bond acceptors (Lipinski definition) is 1. The lowest BCUT2D eigenvalue weighted by Gasteiger charge is -2.50. The van der Waals surface area contributed by atoms with Gasteiger partial charge in [-0.05, 0) is 44.4 Å². The molecular formula is C15H16Cl2F3NO. The van der Waals surface area contributed by atoms with Crippen molar-refractivity contribution in [2.75, 3.05) is 0 Å². The quantitative estimate of drug-likeness (QED) is 0.772. The van der Waals surface area contributed by atoms with E-state index in [0.29, 0.717) is 10.6 Å². The predicted octanol–water partition coefficient (Wildman–Crippen LogP) is 4.86.